The second-order valence-electron chi connectivity index (χ2n) is 14.4. The van der Waals surface area contributed by atoms with E-state index in [9.17, 15) is 19.5 Å². The fourth-order valence-corrected chi connectivity index (χ4v) is 6.33. The second-order valence-corrected chi connectivity index (χ2v) is 14.4. The zero-order valence-corrected chi connectivity index (χ0v) is 28.7. The molecule has 1 aliphatic rings. The number of nitrogens with one attached hydrogen (secondary N) is 4. The molecule has 1 aromatic carbocycles. The number of H-pyrrole nitrogens is 1. The Labute approximate surface area is 275 Å². The van der Waals surface area contributed by atoms with E-state index < -0.39 is 47.7 Å². The number of ether oxygens (including phenoxy) is 1. The first-order valence-corrected chi connectivity index (χ1v) is 17.1. The van der Waals surface area contributed by atoms with Crippen molar-refractivity contribution < 1.29 is 24.2 Å². The SMILES string of the molecule is CC[C@@H](C[C@H](O)[C@H](CC1CCCCC1)NC(=O)[C@H](Cc1cnc[nH]1)NC(=O)[C@H](Cc1ccccc1)OC(=O)NC(C)(C)C)C(C)C. The quantitative estimate of drug-likeness (QED) is 0.165. The topological polar surface area (TPSA) is 145 Å². The molecule has 3 rings (SSSR count). The van der Waals surface area contributed by atoms with E-state index in [0.717, 1.165) is 37.7 Å². The van der Waals surface area contributed by atoms with Gasteiger partial charge in [-0.05, 0) is 56.9 Å². The lowest BCUT2D eigenvalue weighted by molar-refractivity contribution is -0.134. The molecule has 1 fully saturated rings. The van der Waals surface area contributed by atoms with Gasteiger partial charge in [-0.15, -0.1) is 0 Å². The summed E-state index contributed by atoms with van der Waals surface area (Å²) in [5, 5.41) is 20.3. The second kappa shape index (κ2) is 18.1. The van der Waals surface area contributed by atoms with Crippen LogP contribution >= 0.6 is 0 Å². The minimum absolute atomic E-state index is 0.138. The summed E-state index contributed by atoms with van der Waals surface area (Å²) in [6, 6.07) is 7.86. The molecule has 1 aliphatic carbocycles. The highest BCUT2D eigenvalue weighted by Crippen LogP contribution is 2.30. The molecule has 1 heterocycles. The predicted molar refractivity (Wildman–Crippen MR) is 180 cm³/mol. The molecule has 0 aliphatic heterocycles. The predicted octanol–water partition coefficient (Wildman–Crippen LogP) is 5.46. The van der Waals surface area contributed by atoms with Crippen LogP contribution in [0.25, 0.3) is 0 Å². The van der Waals surface area contributed by atoms with Crippen LogP contribution in [-0.2, 0) is 27.2 Å². The van der Waals surface area contributed by atoms with E-state index in [0.29, 0.717) is 36.3 Å². The van der Waals surface area contributed by atoms with E-state index in [2.05, 4.69) is 46.7 Å². The lowest BCUT2D eigenvalue weighted by Crippen LogP contribution is -2.56. The van der Waals surface area contributed by atoms with Crippen LogP contribution < -0.4 is 16.0 Å². The summed E-state index contributed by atoms with van der Waals surface area (Å²) in [6.07, 6.45) is 8.78. The average molecular weight is 640 g/mol. The number of rotatable bonds is 16. The Kier molecular flexibility index (Phi) is 14.6. The van der Waals surface area contributed by atoms with Gasteiger partial charge in [0.15, 0.2) is 6.10 Å². The third-order valence-electron chi connectivity index (χ3n) is 9.01. The Hall–Kier alpha value is -3.40. The molecule has 256 valence electrons. The van der Waals surface area contributed by atoms with Crippen molar-refractivity contribution in [2.75, 3.05) is 0 Å². The van der Waals surface area contributed by atoms with Gasteiger partial charge in [0.25, 0.3) is 5.91 Å². The molecule has 0 bridgehead atoms. The molecule has 0 unspecified atom stereocenters. The number of aliphatic hydroxyl groups excluding tert-OH is 1. The molecule has 0 spiro atoms. The lowest BCUT2D eigenvalue weighted by atomic mass is 9.80. The Morgan fingerprint density at radius 2 is 1.72 bits per heavy atom. The summed E-state index contributed by atoms with van der Waals surface area (Å²) in [5.74, 6) is 0.200. The van der Waals surface area contributed by atoms with Crippen LogP contribution in [0, 0.1) is 17.8 Å². The van der Waals surface area contributed by atoms with Crippen molar-refractivity contribution >= 4 is 17.9 Å². The number of aliphatic hydroxyl groups is 1. The molecule has 10 nitrogen and oxygen atoms in total. The molecule has 3 amide bonds. The maximum Gasteiger partial charge on any atom is 0.408 e. The number of benzene rings is 1. The monoisotopic (exact) mass is 639 g/mol. The summed E-state index contributed by atoms with van der Waals surface area (Å²) in [7, 11) is 0. The maximum absolute atomic E-state index is 14.1. The smallest absolute Gasteiger partial charge is 0.408 e. The van der Waals surface area contributed by atoms with E-state index >= 15 is 0 Å². The maximum atomic E-state index is 14.1. The molecular formula is C36H57N5O5. The first-order chi connectivity index (χ1) is 21.8. The first kappa shape index (κ1) is 37.1. The minimum atomic E-state index is -1.18. The first-order valence-electron chi connectivity index (χ1n) is 17.1. The van der Waals surface area contributed by atoms with E-state index in [1.165, 1.54) is 12.7 Å². The zero-order chi connectivity index (χ0) is 33.7. The minimum Gasteiger partial charge on any atom is -0.436 e. The fraction of sp³-hybridized carbons (Fsp3) is 0.667. The molecule has 1 aromatic heterocycles. The molecule has 5 N–H and O–H groups in total. The standard InChI is InChI=1S/C36H57N5O5/c1-7-27(24(2)3)20-31(42)29(18-25-14-10-8-11-15-25)39-33(43)30(21-28-22-37-23-38-28)40-34(44)32(19-26-16-12-9-13-17-26)46-35(45)41-36(4,5)6/h9,12-13,16-17,22-25,27,29-32,42H,7-8,10-11,14-15,18-21H2,1-6H3,(H,37,38)(H,39,43)(H,40,44)(H,41,45)/t27-,29-,30-,31-,32-/m0/s1. The highest BCUT2D eigenvalue weighted by molar-refractivity contribution is 5.90. The number of hydrogen-bond donors (Lipinski definition) is 5. The van der Waals surface area contributed by atoms with Gasteiger partial charge in [0.05, 0.1) is 18.5 Å². The van der Waals surface area contributed by atoms with Crippen LogP contribution in [0.3, 0.4) is 0 Å². The van der Waals surface area contributed by atoms with Gasteiger partial charge < -0.3 is 30.8 Å². The molecule has 5 atom stereocenters. The van der Waals surface area contributed by atoms with Gasteiger partial charge in [0, 0.05) is 30.3 Å². The third kappa shape index (κ3) is 12.8. The Morgan fingerprint density at radius 1 is 1.02 bits per heavy atom. The van der Waals surface area contributed by atoms with Crippen molar-refractivity contribution in [3.63, 3.8) is 0 Å². The molecular weight excluding hydrogens is 582 g/mol. The van der Waals surface area contributed by atoms with Crippen LogP contribution in [0.4, 0.5) is 4.79 Å². The Morgan fingerprint density at radius 3 is 2.30 bits per heavy atom. The molecule has 10 heteroatoms. The van der Waals surface area contributed by atoms with E-state index in [-0.39, 0.29) is 12.8 Å². The van der Waals surface area contributed by atoms with Crippen molar-refractivity contribution in [1.29, 1.82) is 0 Å². The third-order valence-corrected chi connectivity index (χ3v) is 9.01. The summed E-state index contributed by atoms with van der Waals surface area (Å²) in [6.45, 7) is 12.0. The van der Waals surface area contributed by atoms with E-state index in [4.69, 9.17) is 4.74 Å². The number of carbonyl (C=O) groups is 3. The van der Waals surface area contributed by atoms with Crippen molar-refractivity contribution in [3.8, 4) is 0 Å². The summed E-state index contributed by atoms with van der Waals surface area (Å²) in [5.41, 5.74) is 0.919. The van der Waals surface area contributed by atoms with Gasteiger partial charge in [-0.3, -0.25) is 9.59 Å². The normalized spacial score (nSPS) is 17.4. The van der Waals surface area contributed by atoms with Crippen LogP contribution in [0.5, 0.6) is 0 Å². The molecule has 2 aromatic rings. The van der Waals surface area contributed by atoms with E-state index in [1.54, 1.807) is 6.20 Å². The summed E-state index contributed by atoms with van der Waals surface area (Å²) in [4.78, 5) is 47.8. The van der Waals surface area contributed by atoms with Crippen molar-refractivity contribution in [1.82, 2.24) is 25.9 Å². The number of nitrogens with zero attached hydrogens (tertiary/aromatic N) is 1. The number of hydrogen-bond acceptors (Lipinski definition) is 6. The number of aromatic nitrogens is 2. The van der Waals surface area contributed by atoms with Gasteiger partial charge in [0.2, 0.25) is 5.91 Å². The van der Waals surface area contributed by atoms with Crippen LogP contribution in [0.1, 0.15) is 104 Å². The number of imidazole rings is 1. The number of alkyl carbamates (subject to hydrolysis) is 1. The summed E-state index contributed by atoms with van der Waals surface area (Å²) >= 11 is 0. The Bertz CT molecular complexity index is 1190. The van der Waals surface area contributed by atoms with Crippen molar-refractivity contribution in [2.24, 2.45) is 17.8 Å². The van der Waals surface area contributed by atoms with Crippen molar-refractivity contribution in [2.45, 2.75) is 136 Å². The van der Waals surface area contributed by atoms with Gasteiger partial charge in [-0.2, -0.15) is 0 Å². The van der Waals surface area contributed by atoms with Crippen LogP contribution in [-0.4, -0.2) is 62.8 Å². The van der Waals surface area contributed by atoms with Gasteiger partial charge in [-0.1, -0.05) is 89.6 Å². The van der Waals surface area contributed by atoms with Crippen LogP contribution in [0.2, 0.25) is 0 Å². The highest BCUT2D eigenvalue weighted by atomic mass is 16.6. The van der Waals surface area contributed by atoms with E-state index in [1.807, 2.05) is 51.1 Å². The number of aromatic amines is 1. The number of carbonyl (C=O) groups excluding carboxylic acids is 3. The van der Waals surface area contributed by atoms with Crippen LogP contribution in [0.15, 0.2) is 42.9 Å². The zero-order valence-electron chi connectivity index (χ0n) is 28.7. The summed E-state index contributed by atoms with van der Waals surface area (Å²) < 4.78 is 5.65. The van der Waals surface area contributed by atoms with Gasteiger partial charge in [-0.25, -0.2) is 9.78 Å². The molecule has 0 saturated heterocycles. The highest BCUT2D eigenvalue weighted by Gasteiger charge is 2.33. The van der Waals surface area contributed by atoms with Crippen molar-refractivity contribution in [3.05, 3.63) is 54.1 Å². The van der Waals surface area contributed by atoms with Gasteiger partial charge >= 0.3 is 6.09 Å². The average Bonchev–Trinajstić information content (AvgIpc) is 3.52. The Balaban J connectivity index is 1.83. The molecule has 46 heavy (non-hydrogen) atoms. The molecule has 0 radical (unpaired) electrons. The fourth-order valence-electron chi connectivity index (χ4n) is 6.33. The lowest BCUT2D eigenvalue weighted by Gasteiger charge is -2.33. The largest absolute Gasteiger partial charge is 0.436 e. The molecule has 1 saturated carbocycles. The number of amides is 3. The van der Waals surface area contributed by atoms with Gasteiger partial charge in [0.1, 0.15) is 6.04 Å².